The molecular weight excluding hydrogens is 164 g/mol. The Kier molecular flexibility index (Phi) is 7.02. The van der Waals surface area contributed by atoms with Crippen molar-refractivity contribution in [2.75, 3.05) is 7.11 Å². The molecule has 0 spiro atoms. The Morgan fingerprint density at radius 3 is 2.00 bits per heavy atom. The third-order valence-corrected chi connectivity index (χ3v) is 1.51. The van der Waals surface area contributed by atoms with Crippen LogP contribution in [0.15, 0.2) is 24.3 Å². The highest BCUT2D eigenvalue weighted by atomic mass is 17.2. The summed E-state index contributed by atoms with van der Waals surface area (Å²) >= 11 is 0. The summed E-state index contributed by atoms with van der Waals surface area (Å²) in [4.78, 5) is 9.31. The van der Waals surface area contributed by atoms with Gasteiger partial charge >= 0.3 is 0 Å². The zero-order chi connectivity index (χ0) is 10.1. The van der Waals surface area contributed by atoms with Crippen molar-refractivity contribution in [3.8, 4) is 5.75 Å². The molecule has 1 aromatic carbocycles. The van der Waals surface area contributed by atoms with Gasteiger partial charge in [-0.1, -0.05) is 32.9 Å². The molecule has 0 saturated carbocycles. The van der Waals surface area contributed by atoms with Gasteiger partial charge in [0.15, 0.2) is 5.75 Å². The molecule has 0 radical (unpaired) electrons. The molecule has 0 saturated heterocycles. The van der Waals surface area contributed by atoms with Crippen molar-refractivity contribution in [1.29, 1.82) is 0 Å². The van der Waals surface area contributed by atoms with E-state index in [1.807, 2.05) is 38.1 Å². The van der Waals surface area contributed by atoms with E-state index in [2.05, 4.69) is 11.8 Å². The molecule has 0 aromatic heterocycles. The van der Waals surface area contributed by atoms with Crippen molar-refractivity contribution in [3.63, 3.8) is 0 Å². The monoisotopic (exact) mass is 182 g/mol. The highest BCUT2D eigenvalue weighted by molar-refractivity contribution is 5.26. The van der Waals surface area contributed by atoms with Crippen LogP contribution in [0.4, 0.5) is 0 Å². The van der Waals surface area contributed by atoms with Crippen molar-refractivity contribution in [2.24, 2.45) is 0 Å². The lowest BCUT2D eigenvalue weighted by Crippen LogP contribution is -1.90. The van der Waals surface area contributed by atoms with Gasteiger partial charge in [0.05, 0.1) is 7.11 Å². The fourth-order valence-electron chi connectivity index (χ4n) is 0.877. The summed E-state index contributed by atoms with van der Waals surface area (Å²) in [7, 11) is 1.49. The van der Waals surface area contributed by atoms with E-state index in [0.29, 0.717) is 0 Å². The Labute approximate surface area is 80.4 Å². The van der Waals surface area contributed by atoms with Crippen molar-refractivity contribution >= 4 is 0 Å². The van der Waals surface area contributed by atoms with Gasteiger partial charge in [-0.05, 0) is 24.1 Å². The summed E-state index contributed by atoms with van der Waals surface area (Å²) in [5.74, 6) is 0.740. The Bertz CT molecular complexity index is 204. The van der Waals surface area contributed by atoms with Crippen LogP contribution in [-0.4, -0.2) is 7.11 Å². The summed E-state index contributed by atoms with van der Waals surface area (Å²) < 4.78 is 0. The van der Waals surface area contributed by atoms with Crippen molar-refractivity contribution in [1.82, 2.24) is 0 Å². The first-order valence-electron chi connectivity index (χ1n) is 4.66. The van der Waals surface area contributed by atoms with Crippen molar-refractivity contribution in [2.45, 2.75) is 27.2 Å². The van der Waals surface area contributed by atoms with Crippen LogP contribution < -0.4 is 4.89 Å². The minimum absolute atomic E-state index is 0.740. The highest BCUT2D eigenvalue weighted by Crippen LogP contribution is 2.11. The normalized spacial score (nSPS) is 8.62. The molecule has 0 bridgehead atoms. The molecule has 1 aromatic rings. The van der Waals surface area contributed by atoms with Gasteiger partial charge in [-0.2, -0.15) is 4.89 Å². The maximum atomic E-state index is 4.81. The Morgan fingerprint density at radius 2 is 1.62 bits per heavy atom. The molecule has 0 aliphatic heterocycles. The molecule has 2 nitrogen and oxygen atoms in total. The number of aryl methyl sites for hydroxylation is 1. The molecule has 1 rings (SSSR count). The first-order valence-corrected chi connectivity index (χ1v) is 4.66. The number of benzene rings is 1. The zero-order valence-corrected chi connectivity index (χ0v) is 8.83. The fourth-order valence-corrected chi connectivity index (χ4v) is 0.877. The van der Waals surface area contributed by atoms with Gasteiger partial charge < -0.3 is 4.89 Å². The number of hydrogen-bond acceptors (Lipinski definition) is 2. The zero-order valence-electron chi connectivity index (χ0n) is 8.83. The highest BCUT2D eigenvalue weighted by Gasteiger charge is 1.92. The first kappa shape index (κ1) is 12.0. The van der Waals surface area contributed by atoms with E-state index in [-0.39, 0.29) is 0 Å². The minimum atomic E-state index is 0.740. The Hall–Kier alpha value is -1.02. The maximum Gasteiger partial charge on any atom is 0.165 e. The lowest BCUT2D eigenvalue weighted by molar-refractivity contribution is -0.178. The standard InChI is InChI=1S/C9H12O2.C2H6/c1-3-8-4-6-9(7-5-8)11-10-2;1-2/h4-7H,3H2,1-2H3;1-2H3. The summed E-state index contributed by atoms with van der Waals surface area (Å²) in [6.45, 7) is 6.12. The molecule has 0 amide bonds. The average Bonchev–Trinajstić information content (AvgIpc) is 2.23. The Morgan fingerprint density at radius 1 is 1.08 bits per heavy atom. The van der Waals surface area contributed by atoms with E-state index >= 15 is 0 Å². The van der Waals surface area contributed by atoms with Crippen molar-refractivity contribution in [3.05, 3.63) is 29.8 Å². The lowest BCUT2D eigenvalue weighted by Gasteiger charge is -2.00. The predicted molar refractivity (Wildman–Crippen MR) is 54.8 cm³/mol. The molecule has 0 heterocycles. The van der Waals surface area contributed by atoms with Crippen LogP contribution in [-0.2, 0) is 11.3 Å². The molecule has 0 unspecified atom stereocenters. The Balaban J connectivity index is 0.000000671. The molecule has 0 aliphatic carbocycles. The third-order valence-electron chi connectivity index (χ3n) is 1.51. The average molecular weight is 182 g/mol. The summed E-state index contributed by atoms with van der Waals surface area (Å²) in [5, 5.41) is 0. The molecule has 74 valence electrons. The molecular formula is C11H18O2. The summed E-state index contributed by atoms with van der Waals surface area (Å²) in [6.07, 6.45) is 1.05. The van der Waals surface area contributed by atoms with E-state index in [9.17, 15) is 0 Å². The van der Waals surface area contributed by atoms with Gasteiger partial charge in [0, 0.05) is 0 Å². The quantitative estimate of drug-likeness (QED) is 0.528. The molecule has 0 fully saturated rings. The van der Waals surface area contributed by atoms with E-state index in [1.165, 1.54) is 12.7 Å². The first-order chi connectivity index (χ1) is 6.36. The smallest absolute Gasteiger partial charge is 0.165 e. The van der Waals surface area contributed by atoms with Gasteiger partial charge in [-0.25, -0.2) is 0 Å². The minimum Gasteiger partial charge on any atom is -0.338 e. The lowest BCUT2D eigenvalue weighted by atomic mass is 10.2. The van der Waals surface area contributed by atoms with Crippen LogP contribution in [0, 0.1) is 0 Å². The van der Waals surface area contributed by atoms with Gasteiger partial charge in [0.25, 0.3) is 0 Å². The van der Waals surface area contributed by atoms with Crippen LogP contribution in [0.25, 0.3) is 0 Å². The van der Waals surface area contributed by atoms with Crippen LogP contribution in [0.2, 0.25) is 0 Å². The van der Waals surface area contributed by atoms with Gasteiger partial charge in [0.1, 0.15) is 0 Å². The molecule has 0 atom stereocenters. The van der Waals surface area contributed by atoms with E-state index in [0.717, 1.165) is 12.2 Å². The second-order valence-corrected chi connectivity index (χ2v) is 2.25. The van der Waals surface area contributed by atoms with Gasteiger partial charge in [-0.15, -0.1) is 0 Å². The van der Waals surface area contributed by atoms with Gasteiger partial charge in [0.2, 0.25) is 0 Å². The fraction of sp³-hybridized carbons (Fsp3) is 0.455. The SMILES string of the molecule is CC.CCc1ccc(OOC)cc1. The second kappa shape index (κ2) is 7.62. The topological polar surface area (TPSA) is 18.5 Å². The van der Waals surface area contributed by atoms with Crippen LogP contribution in [0.5, 0.6) is 5.75 Å². The molecule has 0 aliphatic rings. The van der Waals surface area contributed by atoms with E-state index in [4.69, 9.17) is 4.89 Å². The van der Waals surface area contributed by atoms with Crippen LogP contribution in [0.1, 0.15) is 26.3 Å². The maximum absolute atomic E-state index is 4.81. The van der Waals surface area contributed by atoms with E-state index in [1.54, 1.807) is 0 Å². The second-order valence-electron chi connectivity index (χ2n) is 2.25. The number of hydrogen-bond donors (Lipinski definition) is 0. The van der Waals surface area contributed by atoms with Crippen molar-refractivity contribution < 1.29 is 9.78 Å². The predicted octanol–water partition coefficient (Wildman–Crippen LogP) is 3.22. The molecule has 2 heteroatoms. The summed E-state index contributed by atoms with van der Waals surface area (Å²) in [6, 6.07) is 7.83. The summed E-state index contributed by atoms with van der Waals surface area (Å²) in [5.41, 5.74) is 1.30. The molecule has 0 N–H and O–H groups in total. The van der Waals surface area contributed by atoms with Gasteiger partial charge in [-0.3, -0.25) is 0 Å². The van der Waals surface area contributed by atoms with E-state index < -0.39 is 0 Å². The largest absolute Gasteiger partial charge is 0.338 e. The third kappa shape index (κ3) is 4.53. The number of rotatable bonds is 3. The van der Waals surface area contributed by atoms with Crippen LogP contribution in [0.3, 0.4) is 0 Å². The molecule has 13 heavy (non-hydrogen) atoms. The van der Waals surface area contributed by atoms with Crippen LogP contribution >= 0.6 is 0 Å².